The van der Waals surface area contributed by atoms with Crippen molar-refractivity contribution in [1.82, 2.24) is 14.9 Å². The highest BCUT2D eigenvalue weighted by molar-refractivity contribution is 6.11. The van der Waals surface area contributed by atoms with Crippen LogP contribution in [0.3, 0.4) is 0 Å². The van der Waals surface area contributed by atoms with Gasteiger partial charge in [0.15, 0.2) is 17.6 Å². The molecule has 3 saturated heterocycles. The zero-order chi connectivity index (χ0) is 23.8. The van der Waals surface area contributed by atoms with Gasteiger partial charge in [-0.3, -0.25) is 9.59 Å². The van der Waals surface area contributed by atoms with E-state index in [9.17, 15) is 9.59 Å². The van der Waals surface area contributed by atoms with E-state index >= 15 is 0 Å². The Morgan fingerprint density at radius 1 is 1.09 bits per heavy atom. The molecule has 1 aromatic rings. The van der Waals surface area contributed by atoms with E-state index in [1.165, 1.54) is 5.56 Å². The predicted octanol–water partition coefficient (Wildman–Crippen LogP) is 2.01. The Labute approximate surface area is 199 Å². The molecular formula is C26H31N3O5. The molecule has 5 heterocycles. The lowest BCUT2D eigenvalue weighted by Crippen LogP contribution is -2.90. The van der Waals surface area contributed by atoms with Crippen molar-refractivity contribution in [2.45, 2.75) is 68.4 Å². The summed E-state index contributed by atoms with van der Waals surface area (Å²) in [6.45, 7) is 4.75. The molecule has 34 heavy (non-hydrogen) atoms. The van der Waals surface area contributed by atoms with Crippen LogP contribution < -0.4 is 9.47 Å². The van der Waals surface area contributed by atoms with E-state index in [1.807, 2.05) is 31.0 Å². The number of benzene rings is 1. The molecule has 5 unspecified atom stereocenters. The summed E-state index contributed by atoms with van der Waals surface area (Å²) in [6, 6.07) is 4.13. The van der Waals surface area contributed by atoms with Gasteiger partial charge in [-0.15, -0.1) is 0 Å². The fourth-order valence-electron chi connectivity index (χ4n) is 8.48. The smallest absolute Gasteiger partial charge is 0.260 e. The first-order valence-corrected chi connectivity index (χ1v) is 12.4. The number of hydrogen-bond acceptors (Lipinski definition) is 6. The van der Waals surface area contributed by atoms with Crippen molar-refractivity contribution in [3.8, 4) is 11.5 Å². The number of ether oxygens (including phenoxy) is 3. The zero-order valence-corrected chi connectivity index (χ0v) is 20.4. The van der Waals surface area contributed by atoms with Crippen LogP contribution in [0.5, 0.6) is 11.5 Å². The van der Waals surface area contributed by atoms with Crippen molar-refractivity contribution < 1.29 is 23.8 Å². The van der Waals surface area contributed by atoms with Crippen molar-refractivity contribution in [2.24, 2.45) is 5.41 Å². The van der Waals surface area contributed by atoms with Gasteiger partial charge in [0.25, 0.3) is 11.8 Å². The third-order valence-electron chi connectivity index (χ3n) is 10.2. The van der Waals surface area contributed by atoms with E-state index in [-0.39, 0.29) is 17.9 Å². The van der Waals surface area contributed by atoms with Gasteiger partial charge >= 0.3 is 0 Å². The first-order chi connectivity index (χ1) is 16.3. The molecule has 1 aromatic carbocycles. The molecular weight excluding hydrogens is 434 g/mol. The van der Waals surface area contributed by atoms with Crippen LogP contribution in [0.1, 0.15) is 44.2 Å². The fourth-order valence-corrected chi connectivity index (χ4v) is 8.48. The second-order valence-corrected chi connectivity index (χ2v) is 10.7. The maximum Gasteiger partial charge on any atom is 0.260 e. The Balaban J connectivity index is 1.61. The van der Waals surface area contributed by atoms with Gasteiger partial charge in [-0.05, 0) is 57.0 Å². The highest BCUT2D eigenvalue weighted by atomic mass is 16.6. The summed E-state index contributed by atoms with van der Waals surface area (Å²) in [4.78, 5) is 31.0. The first kappa shape index (κ1) is 20.8. The summed E-state index contributed by atoms with van der Waals surface area (Å²) in [5.74, 6) is 1.14. The summed E-state index contributed by atoms with van der Waals surface area (Å²) < 4.78 is 18.8. The number of likely N-dealkylation sites (N-methyl/N-ethyl adjacent to an activating group) is 1. The Kier molecular flexibility index (Phi) is 3.64. The Bertz CT molecular complexity index is 1190. The van der Waals surface area contributed by atoms with Crippen LogP contribution in [0.2, 0.25) is 0 Å². The maximum atomic E-state index is 14.4. The van der Waals surface area contributed by atoms with Crippen LogP contribution in [-0.4, -0.2) is 78.0 Å². The molecule has 5 aliphatic heterocycles. The van der Waals surface area contributed by atoms with Crippen LogP contribution in [0.4, 0.5) is 0 Å². The third kappa shape index (κ3) is 1.67. The number of carbonyl (C=O) groups is 2. The van der Waals surface area contributed by atoms with E-state index in [1.54, 1.807) is 19.2 Å². The van der Waals surface area contributed by atoms with Gasteiger partial charge in [-0.1, -0.05) is 26.0 Å². The summed E-state index contributed by atoms with van der Waals surface area (Å²) in [5, 5.41) is 3.46. The standard InChI is InChI=1S/C26H31N3O5/c1-6-23(7-2)21(30)28-25-10-11-26(33-5,29(28)22(23)31)20-24(25)12-13-27(3)17(25)14-15-8-9-16(32-4)19(34-20)18(15)24/h8-11,17,20H,6-7,12-14H2,1-5H3. The second kappa shape index (κ2) is 5.97. The average molecular weight is 466 g/mol. The van der Waals surface area contributed by atoms with Gasteiger partial charge in [0.2, 0.25) is 5.72 Å². The van der Waals surface area contributed by atoms with E-state index in [4.69, 9.17) is 14.2 Å². The lowest BCUT2D eigenvalue weighted by molar-refractivity contribution is -0.311. The molecule has 3 fully saturated rings. The Morgan fingerprint density at radius 2 is 1.82 bits per heavy atom. The first-order valence-electron chi connectivity index (χ1n) is 12.4. The molecule has 0 N–H and O–H groups in total. The van der Waals surface area contributed by atoms with Gasteiger partial charge in [0, 0.05) is 18.7 Å². The molecule has 2 spiro atoms. The number of nitrogens with zero attached hydrogens (tertiary/aromatic N) is 3. The number of carbonyl (C=O) groups excluding carboxylic acids is 2. The molecule has 0 aromatic heterocycles. The van der Waals surface area contributed by atoms with Gasteiger partial charge in [-0.25, -0.2) is 10.0 Å². The highest BCUT2D eigenvalue weighted by Crippen LogP contribution is 2.72. The Hall–Kier alpha value is -2.58. The average Bonchev–Trinajstić information content (AvgIpc) is 3.34. The van der Waals surface area contributed by atoms with Crippen molar-refractivity contribution in [1.29, 1.82) is 0 Å². The van der Waals surface area contributed by atoms with E-state index < -0.39 is 28.2 Å². The Morgan fingerprint density at radius 3 is 2.50 bits per heavy atom. The van der Waals surface area contributed by atoms with Crippen LogP contribution in [-0.2, 0) is 26.2 Å². The number of methoxy groups -OCH3 is 2. The molecule has 0 radical (unpaired) electrons. The molecule has 8 heteroatoms. The predicted molar refractivity (Wildman–Crippen MR) is 122 cm³/mol. The largest absolute Gasteiger partial charge is 0.493 e. The molecule has 8 nitrogen and oxygen atoms in total. The molecule has 180 valence electrons. The number of hydrazine groups is 1. The van der Waals surface area contributed by atoms with Crippen LogP contribution >= 0.6 is 0 Å². The number of amides is 2. The summed E-state index contributed by atoms with van der Waals surface area (Å²) in [7, 11) is 5.40. The summed E-state index contributed by atoms with van der Waals surface area (Å²) in [6.07, 6.45) is 6.17. The minimum Gasteiger partial charge on any atom is -0.493 e. The second-order valence-electron chi connectivity index (χ2n) is 10.7. The van der Waals surface area contributed by atoms with Gasteiger partial charge in [0.1, 0.15) is 11.0 Å². The third-order valence-corrected chi connectivity index (χ3v) is 10.2. The van der Waals surface area contributed by atoms with Crippen LogP contribution in [0, 0.1) is 5.41 Å². The highest BCUT2D eigenvalue weighted by Gasteiger charge is 2.86. The molecule has 7 aliphatic rings. The molecule has 2 amide bonds. The SMILES string of the molecule is CCC1(CC)C(=O)N2N(C1=O)C13C=CC2(OC)C2Oc4c(OC)ccc5c4C21CCN(C)C3C5. The van der Waals surface area contributed by atoms with E-state index in [2.05, 4.69) is 24.1 Å². The van der Waals surface area contributed by atoms with Gasteiger partial charge in [0.05, 0.1) is 12.5 Å². The maximum absolute atomic E-state index is 14.4. The van der Waals surface area contributed by atoms with Gasteiger partial charge in [-0.2, -0.15) is 0 Å². The minimum atomic E-state index is -1.21. The fraction of sp³-hybridized carbons (Fsp3) is 0.615. The van der Waals surface area contributed by atoms with Gasteiger partial charge < -0.3 is 19.1 Å². The van der Waals surface area contributed by atoms with Crippen molar-refractivity contribution >= 4 is 11.8 Å². The molecule has 4 bridgehead atoms. The summed E-state index contributed by atoms with van der Waals surface area (Å²) in [5.41, 5.74) is -1.20. The molecule has 0 saturated carbocycles. The number of rotatable bonds is 4. The quantitative estimate of drug-likeness (QED) is 0.501. The lowest BCUT2D eigenvalue weighted by atomic mass is 9.46. The topological polar surface area (TPSA) is 71.6 Å². The summed E-state index contributed by atoms with van der Waals surface area (Å²) >= 11 is 0. The van der Waals surface area contributed by atoms with Crippen LogP contribution in [0.25, 0.3) is 0 Å². The zero-order valence-electron chi connectivity index (χ0n) is 20.4. The van der Waals surface area contributed by atoms with Crippen molar-refractivity contribution in [2.75, 3.05) is 27.8 Å². The van der Waals surface area contributed by atoms with E-state index in [0.717, 1.165) is 30.7 Å². The molecule has 5 atom stereocenters. The number of piperidine rings is 1. The normalized spacial score (nSPS) is 39.9. The van der Waals surface area contributed by atoms with E-state index in [0.29, 0.717) is 18.6 Å². The number of likely N-dealkylation sites (tertiary alicyclic amines) is 1. The minimum absolute atomic E-state index is 0.00867. The lowest BCUT2D eigenvalue weighted by Gasteiger charge is -2.73. The number of hydrogen-bond donors (Lipinski definition) is 0. The molecule has 8 rings (SSSR count). The van der Waals surface area contributed by atoms with Crippen molar-refractivity contribution in [3.05, 3.63) is 35.4 Å². The van der Waals surface area contributed by atoms with Crippen LogP contribution in [0.15, 0.2) is 24.3 Å². The molecule has 2 aliphatic carbocycles. The van der Waals surface area contributed by atoms with Crippen molar-refractivity contribution in [3.63, 3.8) is 0 Å². The monoisotopic (exact) mass is 465 g/mol.